The predicted molar refractivity (Wildman–Crippen MR) is 67.4 cm³/mol. The van der Waals surface area contributed by atoms with Gasteiger partial charge in [-0.1, -0.05) is 6.07 Å². The summed E-state index contributed by atoms with van der Waals surface area (Å²) in [4.78, 5) is 11.2. The average Bonchev–Trinajstić information content (AvgIpc) is 2.24. The standard InChI is InChI=1S/C12H19N3O/c1-3-14-12(16)6-7-15-10-5-4-9(2)11(13)8-10/h4-5,8,15H,3,6-7,13H2,1-2H3,(H,14,16). The molecule has 0 heterocycles. The highest BCUT2D eigenvalue weighted by molar-refractivity contribution is 5.76. The van der Waals surface area contributed by atoms with E-state index in [0.717, 1.165) is 16.9 Å². The second-order valence-electron chi connectivity index (χ2n) is 3.70. The first-order chi connectivity index (χ1) is 7.63. The third-order valence-electron chi connectivity index (χ3n) is 2.33. The van der Waals surface area contributed by atoms with E-state index >= 15 is 0 Å². The zero-order valence-electron chi connectivity index (χ0n) is 9.84. The summed E-state index contributed by atoms with van der Waals surface area (Å²) in [6.07, 6.45) is 0.474. The van der Waals surface area contributed by atoms with Crippen molar-refractivity contribution < 1.29 is 4.79 Å². The van der Waals surface area contributed by atoms with Gasteiger partial charge in [0.1, 0.15) is 0 Å². The second kappa shape index (κ2) is 6.00. The normalized spacial score (nSPS) is 9.88. The van der Waals surface area contributed by atoms with Crippen LogP contribution in [0.25, 0.3) is 0 Å². The summed E-state index contributed by atoms with van der Waals surface area (Å²) >= 11 is 0. The number of carbonyl (C=O) groups excluding carboxylic acids is 1. The van der Waals surface area contributed by atoms with E-state index in [-0.39, 0.29) is 5.91 Å². The van der Waals surface area contributed by atoms with E-state index < -0.39 is 0 Å². The van der Waals surface area contributed by atoms with Gasteiger partial charge in [0.2, 0.25) is 5.91 Å². The molecule has 4 N–H and O–H groups in total. The van der Waals surface area contributed by atoms with Crippen LogP contribution in [0.5, 0.6) is 0 Å². The van der Waals surface area contributed by atoms with Gasteiger partial charge in [0.15, 0.2) is 0 Å². The van der Waals surface area contributed by atoms with Crippen LogP contribution < -0.4 is 16.4 Å². The molecule has 1 rings (SSSR count). The zero-order valence-corrected chi connectivity index (χ0v) is 9.84. The maximum absolute atomic E-state index is 11.2. The molecule has 1 amide bonds. The molecule has 0 saturated carbocycles. The minimum atomic E-state index is 0.0649. The maximum Gasteiger partial charge on any atom is 0.221 e. The molecule has 0 fully saturated rings. The molecule has 0 aliphatic carbocycles. The summed E-state index contributed by atoms with van der Waals surface area (Å²) in [6, 6.07) is 5.81. The maximum atomic E-state index is 11.2. The Morgan fingerprint density at radius 1 is 1.44 bits per heavy atom. The first kappa shape index (κ1) is 12.4. The Labute approximate surface area is 96.2 Å². The summed E-state index contributed by atoms with van der Waals surface area (Å²) in [7, 11) is 0. The Hall–Kier alpha value is -1.71. The highest BCUT2D eigenvalue weighted by atomic mass is 16.1. The number of nitrogens with one attached hydrogen (secondary N) is 2. The van der Waals surface area contributed by atoms with Crippen molar-refractivity contribution in [1.29, 1.82) is 0 Å². The minimum absolute atomic E-state index is 0.0649. The van der Waals surface area contributed by atoms with E-state index in [2.05, 4.69) is 10.6 Å². The van der Waals surface area contributed by atoms with Crippen LogP contribution in [0.4, 0.5) is 11.4 Å². The molecular formula is C12H19N3O. The Bertz CT molecular complexity index is 363. The Balaban J connectivity index is 2.37. The smallest absolute Gasteiger partial charge is 0.221 e. The molecule has 0 aliphatic rings. The van der Waals surface area contributed by atoms with Crippen LogP contribution in [-0.2, 0) is 4.79 Å². The number of anilines is 2. The van der Waals surface area contributed by atoms with Crippen LogP contribution in [0.2, 0.25) is 0 Å². The molecule has 1 aromatic carbocycles. The fourth-order valence-corrected chi connectivity index (χ4v) is 1.36. The van der Waals surface area contributed by atoms with Gasteiger partial charge in [-0.2, -0.15) is 0 Å². The molecule has 16 heavy (non-hydrogen) atoms. The van der Waals surface area contributed by atoms with Crippen molar-refractivity contribution in [3.63, 3.8) is 0 Å². The fourth-order valence-electron chi connectivity index (χ4n) is 1.36. The quantitative estimate of drug-likeness (QED) is 0.660. The molecule has 1 aromatic rings. The van der Waals surface area contributed by atoms with Crippen molar-refractivity contribution in [3.8, 4) is 0 Å². The molecule has 4 nitrogen and oxygen atoms in total. The number of hydrogen-bond donors (Lipinski definition) is 3. The largest absolute Gasteiger partial charge is 0.398 e. The number of amides is 1. The highest BCUT2D eigenvalue weighted by Gasteiger charge is 1.99. The number of rotatable bonds is 5. The molecule has 0 spiro atoms. The van der Waals surface area contributed by atoms with Crippen LogP contribution in [0.1, 0.15) is 18.9 Å². The summed E-state index contributed by atoms with van der Waals surface area (Å²) < 4.78 is 0. The summed E-state index contributed by atoms with van der Waals surface area (Å²) in [5.41, 5.74) is 8.56. The van der Waals surface area contributed by atoms with E-state index in [1.54, 1.807) is 0 Å². The molecule has 0 radical (unpaired) electrons. The van der Waals surface area contributed by atoms with Crippen LogP contribution in [-0.4, -0.2) is 19.0 Å². The van der Waals surface area contributed by atoms with E-state index in [0.29, 0.717) is 19.5 Å². The van der Waals surface area contributed by atoms with E-state index in [1.165, 1.54) is 0 Å². The third-order valence-corrected chi connectivity index (χ3v) is 2.33. The van der Waals surface area contributed by atoms with Crippen molar-refractivity contribution in [3.05, 3.63) is 23.8 Å². The Kier molecular flexibility index (Phi) is 4.64. The lowest BCUT2D eigenvalue weighted by molar-refractivity contribution is -0.120. The van der Waals surface area contributed by atoms with Gasteiger partial charge in [0.05, 0.1) is 0 Å². The molecule has 0 unspecified atom stereocenters. The number of nitrogens with two attached hydrogens (primary N) is 1. The zero-order chi connectivity index (χ0) is 12.0. The second-order valence-corrected chi connectivity index (χ2v) is 3.70. The molecular weight excluding hydrogens is 202 g/mol. The van der Waals surface area contributed by atoms with Crippen LogP contribution in [0, 0.1) is 6.92 Å². The average molecular weight is 221 g/mol. The van der Waals surface area contributed by atoms with Gasteiger partial charge >= 0.3 is 0 Å². The number of hydrogen-bond acceptors (Lipinski definition) is 3. The molecule has 0 atom stereocenters. The Morgan fingerprint density at radius 3 is 2.81 bits per heavy atom. The van der Waals surface area contributed by atoms with Crippen molar-refractivity contribution in [1.82, 2.24) is 5.32 Å². The molecule has 4 heteroatoms. The number of nitrogen functional groups attached to an aromatic ring is 1. The van der Waals surface area contributed by atoms with Crippen LogP contribution in [0.3, 0.4) is 0 Å². The number of aryl methyl sites for hydroxylation is 1. The number of carbonyl (C=O) groups is 1. The van der Waals surface area contributed by atoms with Crippen molar-refractivity contribution in [2.75, 3.05) is 24.1 Å². The van der Waals surface area contributed by atoms with Gasteiger partial charge in [-0.05, 0) is 31.5 Å². The van der Waals surface area contributed by atoms with Crippen LogP contribution in [0.15, 0.2) is 18.2 Å². The molecule has 88 valence electrons. The van der Waals surface area contributed by atoms with Gasteiger partial charge in [-0.15, -0.1) is 0 Å². The van der Waals surface area contributed by atoms with Crippen molar-refractivity contribution in [2.24, 2.45) is 0 Å². The summed E-state index contributed by atoms with van der Waals surface area (Å²) in [5.74, 6) is 0.0649. The first-order valence-electron chi connectivity index (χ1n) is 5.50. The van der Waals surface area contributed by atoms with Crippen LogP contribution >= 0.6 is 0 Å². The first-order valence-corrected chi connectivity index (χ1v) is 5.50. The fraction of sp³-hybridized carbons (Fsp3) is 0.417. The van der Waals surface area contributed by atoms with E-state index in [9.17, 15) is 4.79 Å². The van der Waals surface area contributed by atoms with Crippen molar-refractivity contribution >= 4 is 17.3 Å². The highest BCUT2D eigenvalue weighted by Crippen LogP contribution is 2.16. The topological polar surface area (TPSA) is 67.2 Å². The van der Waals surface area contributed by atoms with Crippen molar-refractivity contribution in [2.45, 2.75) is 20.3 Å². The van der Waals surface area contributed by atoms with Gasteiger partial charge in [-0.25, -0.2) is 0 Å². The van der Waals surface area contributed by atoms with Gasteiger partial charge in [-0.3, -0.25) is 4.79 Å². The van der Waals surface area contributed by atoms with Gasteiger partial charge in [0.25, 0.3) is 0 Å². The van der Waals surface area contributed by atoms with Gasteiger partial charge in [0, 0.05) is 30.9 Å². The summed E-state index contributed by atoms with van der Waals surface area (Å²) in [5, 5.41) is 5.91. The Morgan fingerprint density at radius 2 is 2.19 bits per heavy atom. The minimum Gasteiger partial charge on any atom is -0.398 e. The van der Waals surface area contributed by atoms with E-state index in [1.807, 2.05) is 32.0 Å². The van der Waals surface area contributed by atoms with Gasteiger partial charge < -0.3 is 16.4 Å². The molecule has 0 aliphatic heterocycles. The summed E-state index contributed by atoms with van der Waals surface area (Å²) in [6.45, 7) is 5.17. The SMILES string of the molecule is CCNC(=O)CCNc1ccc(C)c(N)c1. The third kappa shape index (κ3) is 3.81. The lowest BCUT2D eigenvalue weighted by Crippen LogP contribution is -2.24. The lowest BCUT2D eigenvalue weighted by Gasteiger charge is -2.08. The monoisotopic (exact) mass is 221 g/mol. The molecule has 0 aromatic heterocycles. The molecule has 0 bridgehead atoms. The van der Waals surface area contributed by atoms with E-state index in [4.69, 9.17) is 5.73 Å². The number of benzene rings is 1. The lowest BCUT2D eigenvalue weighted by atomic mass is 10.2. The predicted octanol–water partition coefficient (Wildman–Crippen LogP) is 1.52. The molecule has 0 saturated heterocycles.